The van der Waals surface area contributed by atoms with Gasteiger partial charge in [0.1, 0.15) is 6.10 Å². The minimum absolute atomic E-state index is 0.191. The number of rotatable bonds is 4. The van der Waals surface area contributed by atoms with Gasteiger partial charge in [0.05, 0.1) is 23.9 Å². The molecule has 0 saturated heterocycles. The molecule has 0 fully saturated rings. The van der Waals surface area contributed by atoms with Crippen LogP contribution in [-0.2, 0) is 6.54 Å². The summed E-state index contributed by atoms with van der Waals surface area (Å²) in [5.41, 5.74) is 1.87. The van der Waals surface area contributed by atoms with Crippen LogP contribution in [0.25, 0.3) is 0 Å². The fraction of sp³-hybridized carbons (Fsp3) is 0.250. The fourth-order valence-electron chi connectivity index (χ4n) is 1.62. The van der Waals surface area contributed by atoms with Crippen molar-refractivity contribution in [3.63, 3.8) is 0 Å². The summed E-state index contributed by atoms with van der Waals surface area (Å²) in [5, 5.41) is 24.2. The van der Waals surface area contributed by atoms with Crippen molar-refractivity contribution in [3.8, 4) is 0 Å². The molecule has 6 heteroatoms. The van der Waals surface area contributed by atoms with E-state index in [1.165, 1.54) is 16.9 Å². The fourth-order valence-corrected chi connectivity index (χ4v) is 1.62. The Balaban J connectivity index is 2.08. The molecule has 1 aromatic carbocycles. The number of aryl methyl sites for hydroxylation is 1. The van der Waals surface area contributed by atoms with E-state index in [9.17, 15) is 15.2 Å². The van der Waals surface area contributed by atoms with E-state index in [-0.39, 0.29) is 12.4 Å². The van der Waals surface area contributed by atoms with Gasteiger partial charge in [0.2, 0.25) is 0 Å². The van der Waals surface area contributed by atoms with Crippen molar-refractivity contribution >= 4 is 5.82 Å². The summed E-state index contributed by atoms with van der Waals surface area (Å²) < 4.78 is 1.36. The molecule has 0 saturated carbocycles. The molecular formula is C12H13N3O3. The topological polar surface area (TPSA) is 81.2 Å². The molecule has 1 N–H and O–H groups in total. The van der Waals surface area contributed by atoms with E-state index in [2.05, 4.69) is 5.10 Å². The highest BCUT2D eigenvalue weighted by Crippen LogP contribution is 2.16. The summed E-state index contributed by atoms with van der Waals surface area (Å²) in [7, 11) is 0. The monoisotopic (exact) mass is 247 g/mol. The lowest BCUT2D eigenvalue weighted by molar-refractivity contribution is -0.389. The van der Waals surface area contributed by atoms with Crippen LogP contribution in [0.2, 0.25) is 0 Å². The number of aliphatic hydroxyl groups is 1. The minimum atomic E-state index is -0.731. The van der Waals surface area contributed by atoms with Gasteiger partial charge in [-0.1, -0.05) is 29.8 Å². The summed E-state index contributed by atoms with van der Waals surface area (Å²) in [6, 6.07) is 8.78. The zero-order valence-corrected chi connectivity index (χ0v) is 9.85. The maximum Gasteiger partial charge on any atom is 0.389 e. The van der Waals surface area contributed by atoms with E-state index in [0.29, 0.717) is 0 Å². The van der Waals surface area contributed by atoms with Crippen molar-refractivity contribution in [1.29, 1.82) is 0 Å². The van der Waals surface area contributed by atoms with Crippen LogP contribution < -0.4 is 0 Å². The second kappa shape index (κ2) is 4.97. The molecule has 0 bridgehead atoms. The third-order valence-corrected chi connectivity index (χ3v) is 2.64. The van der Waals surface area contributed by atoms with E-state index in [0.717, 1.165) is 11.1 Å². The van der Waals surface area contributed by atoms with E-state index < -0.39 is 11.0 Å². The van der Waals surface area contributed by atoms with E-state index in [1.54, 1.807) is 0 Å². The second-order valence-corrected chi connectivity index (χ2v) is 4.08. The molecule has 2 aromatic rings. The largest absolute Gasteiger partial charge is 0.389 e. The maximum absolute atomic E-state index is 10.5. The average Bonchev–Trinajstić information content (AvgIpc) is 2.78. The second-order valence-electron chi connectivity index (χ2n) is 4.08. The Kier molecular flexibility index (Phi) is 3.38. The first-order valence-corrected chi connectivity index (χ1v) is 5.49. The van der Waals surface area contributed by atoms with Crippen molar-refractivity contribution in [2.45, 2.75) is 19.6 Å². The van der Waals surface area contributed by atoms with Gasteiger partial charge in [-0.2, -0.15) is 4.68 Å². The molecule has 0 aliphatic carbocycles. The number of nitrogens with zero attached hydrogens (tertiary/aromatic N) is 3. The van der Waals surface area contributed by atoms with Crippen LogP contribution in [0, 0.1) is 17.0 Å². The SMILES string of the molecule is Cc1ccc(C(O)Cn2ccc([N+](=O)[O-])n2)cc1. The normalized spacial score (nSPS) is 12.3. The average molecular weight is 247 g/mol. The van der Waals surface area contributed by atoms with Crippen molar-refractivity contribution in [2.24, 2.45) is 0 Å². The number of hydrogen-bond acceptors (Lipinski definition) is 4. The summed E-state index contributed by atoms with van der Waals surface area (Å²) in [6.45, 7) is 2.16. The van der Waals surface area contributed by atoms with Gasteiger partial charge in [0.25, 0.3) is 0 Å². The summed E-state index contributed by atoms with van der Waals surface area (Å²) >= 11 is 0. The Morgan fingerprint density at radius 2 is 2.06 bits per heavy atom. The molecule has 1 atom stereocenters. The molecule has 0 aliphatic rings. The number of aromatic nitrogens is 2. The Morgan fingerprint density at radius 3 is 2.61 bits per heavy atom. The van der Waals surface area contributed by atoms with Crippen molar-refractivity contribution < 1.29 is 10.0 Å². The Morgan fingerprint density at radius 1 is 1.39 bits per heavy atom. The lowest BCUT2D eigenvalue weighted by Crippen LogP contribution is -2.09. The van der Waals surface area contributed by atoms with E-state index >= 15 is 0 Å². The van der Waals surface area contributed by atoms with Gasteiger partial charge in [0.15, 0.2) is 0 Å². The first-order chi connectivity index (χ1) is 8.56. The third kappa shape index (κ3) is 2.72. The van der Waals surface area contributed by atoms with Gasteiger partial charge >= 0.3 is 5.82 Å². The van der Waals surface area contributed by atoms with Crippen molar-refractivity contribution in [1.82, 2.24) is 9.78 Å². The highest BCUT2D eigenvalue weighted by molar-refractivity contribution is 5.23. The number of aliphatic hydroxyl groups excluding tert-OH is 1. The van der Waals surface area contributed by atoms with Crippen molar-refractivity contribution in [3.05, 3.63) is 57.8 Å². The zero-order chi connectivity index (χ0) is 13.1. The highest BCUT2D eigenvalue weighted by atomic mass is 16.6. The van der Waals surface area contributed by atoms with Crippen LogP contribution in [-0.4, -0.2) is 19.8 Å². The van der Waals surface area contributed by atoms with Gasteiger partial charge < -0.3 is 15.2 Å². The molecule has 0 amide bonds. The predicted octanol–water partition coefficient (Wildman–Crippen LogP) is 1.83. The molecule has 1 unspecified atom stereocenters. The van der Waals surface area contributed by atoms with Gasteiger partial charge in [-0.3, -0.25) is 0 Å². The van der Waals surface area contributed by atoms with Gasteiger partial charge in [-0.25, -0.2) is 0 Å². The van der Waals surface area contributed by atoms with Crippen LogP contribution in [0.1, 0.15) is 17.2 Å². The van der Waals surface area contributed by atoms with Gasteiger partial charge in [0, 0.05) is 0 Å². The van der Waals surface area contributed by atoms with E-state index in [1.807, 2.05) is 31.2 Å². The summed E-state index contributed by atoms with van der Waals surface area (Å²) in [4.78, 5) is 9.91. The molecule has 94 valence electrons. The Labute approximate surface area is 104 Å². The Hall–Kier alpha value is -2.21. The molecular weight excluding hydrogens is 234 g/mol. The molecule has 1 heterocycles. The molecule has 0 aliphatic heterocycles. The molecule has 2 rings (SSSR count). The standard InChI is InChI=1S/C12H13N3O3/c1-9-2-4-10(5-3-9)11(16)8-14-7-6-12(13-14)15(17)18/h2-7,11,16H,8H2,1H3. The van der Waals surface area contributed by atoms with Crippen LogP contribution in [0.4, 0.5) is 5.82 Å². The molecule has 1 aromatic heterocycles. The van der Waals surface area contributed by atoms with Gasteiger partial charge in [-0.05, 0) is 17.4 Å². The minimum Gasteiger partial charge on any atom is -0.386 e. The smallest absolute Gasteiger partial charge is 0.386 e. The first-order valence-electron chi connectivity index (χ1n) is 5.49. The van der Waals surface area contributed by atoms with Crippen LogP contribution in [0.3, 0.4) is 0 Å². The summed E-state index contributed by atoms with van der Waals surface area (Å²) in [5.74, 6) is -0.217. The molecule has 18 heavy (non-hydrogen) atoms. The Bertz CT molecular complexity index is 548. The third-order valence-electron chi connectivity index (χ3n) is 2.64. The van der Waals surface area contributed by atoms with E-state index in [4.69, 9.17) is 0 Å². The van der Waals surface area contributed by atoms with Crippen LogP contribution >= 0.6 is 0 Å². The molecule has 6 nitrogen and oxygen atoms in total. The predicted molar refractivity (Wildman–Crippen MR) is 65.0 cm³/mol. The number of hydrogen-bond donors (Lipinski definition) is 1. The number of benzene rings is 1. The van der Waals surface area contributed by atoms with Crippen LogP contribution in [0.5, 0.6) is 0 Å². The lowest BCUT2D eigenvalue weighted by atomic mass is 10.1. The quantitative estimate of drug-likeness (QED) is 0.660. The van der Waals surface area contributed by atoms with Gasteiger partial charge in [-0.15, -0.1) is 0 Å². The summed E-state index contributed by atoms with van der Waals surface area (Å²) in [6.07, 6.45) is 0.750. The molecule has 0 radical (unpaired) electrons. The first kappa shape index (κ1) is 12.3. The molecule has 0 spiro atoms. The van der Waals surface area contributed by atoms with Crippen LogP contribution in [0.15, 0.2) is 36.5 Å². The highest BCUT2D eigenvalue weighted by Gasteiger charge is 2.14. The number of nitro groups is 1. The van der Waals surface area contributed by atoms with Crippen molar-refractivity contribution in [2.75, 3.05) is 0 Å². The zero-order valence-electron chi connectivity index (χ0n) is 9.85. The lowest BCUT2D eigenvalue weighted by Gasteiger charge is -2.09. The maximum atomic E-state index is 10.5.